The zero-order valence-electron chi connectivity index (χ0n) is 12.2. The number of benzene rings is 2. The van der Waals surface area contributed by atoms with Crippen molar-refractivity contribution in [2.24, 2.45) is 0 Å². The molecule has 1 heterocycles. The van der Waals surface area contributed by atoms with Gasteiger partial charge >= 0.3 is 0 Å². The molecular formula is C17H16ClN3O. The molecule has 0 spiro atoms. The molecule has 0 bridgehead atoms. The van der Waals surface area contributed by atoms with Crippen LogP contribution in [-0.2, 0) is 0 Å². The largest absolute Gasteiger partial charge is 0.492 e. The van der Waals surface area contributed by atoms with Crippen molar-refractivity contribution in [2.75, 3.05) is 25.1 Å². The van der Waals surface area contributed by atoms with Gasteiger partial charge in [0, 0.05) is 17.5 Å². The molecule has 0 N–H and O–H groups in total. The van der Waals surface area contributed by atoms with Gasteiger partial charge in [-0.25, -0.2) is 9.97 Å². The summed E-state index contributed by atoms with van der Waals surface area (Å²) in [4.78, 5) is 10.7. The Bertz CT molecular complexity index is 773. The fraction of sp³-hybridized carbons (Fsp3) is 0.176. The Morgan fingerprint density at radius 3 is 2.82 bits per heavy atom. The number of likely N-dealkylation sites (N-methyl/N-ethyl adjacent to an activating group) is 1. The zero-order valence-corrected chi connectivity index (χ0v) is 13.0. The van der Waals surface area contributed by atoms with Crippen LogP contribution < -0.4 is 9.64 Å². The third kappa shape index (κ3) is 3.28. The number of para-hydroxylation sites is 1. The number of halogens is 1. The van der Waals surface area contributed by atoms with Gasteiger partial charge in [-0.05, 0) is 30.3 Å². The van der Waals surface area contributed by atoms with E-state index in [-0.39, 0.29) is 0 Å². The zero-order chi connectivity index (χ0) is 15.4. The number of rotatable bonds is 5. The van der Waals surface area contributed by atoms with Crippen LogP contribution in [0.3, 0.4) is 0 Å². The summed E-state index contributed by atoms with van der Waals surface area (Å²) in [5.41, 5.74) is 0.940. The smallest absolute Gasteiger partial charge is 0.139 e. The molecule has 3 aromatic rings. The third-order valence-electron chi connectivity index (χ3n) is 3.37. The molecule has 0 aliphatic rings. The summed E-state index contributed by atoms with van der Waals surface area (Å²) >= 11 is 5.94. The lowest BCUT2D eigenvalue weighted by Gasteiger charge is -2.19. The van der Waals surface area contributed by atoms with E-state index >= 15 is 0 Å². The number of anilines is 1. The van der Waals surface area contributed by atoms with Crippen molar-refractivity contribution in [1.29, 1.82) is 0 Å². The minimum absolute atomic E-state index is 0.551. The van der Waals surface area contributed by atoms with Crippen LogP contribution in [0.15, 0.2) is 54.9 Å². The lowest BCUT2D eigenvalue weighted by Crippen LogP contribution is -2.25. The van der Waals surface area contributed by atoms with Gasteiger partial charge in [-0.15, -0.1) is 0 Å². The monoisotopic (exact) mass is 313 g/mol. The predicted molar refractivity (Wildman–Crippen MR) is 89.8 cm³/mol. The second-order valence-electron chi connectivity index (χ2n) is 4.94. The summed E-state index contributed by atoms with van der Waals surface area (Å²) in [5.74, 6) is 1.67. The fourth-order valence-electron chi connectivity index (χ4n) is 2.26. The van der Waals surface area contributed by atoms with E-state index in [1.165, 1.54) is 0 Å². The molecule has 112 valence electrons. The van der Waals surface area contributed by atoms with Gasteiger partial charge < -0.3 is 9.64 Å². The van der Waals surface area contributed by atoms with Crippen LogP contribution in [0.25, 0.3) is 10.9 Å². The number of hydrogen-bond donors (Lipinski definition) is 0. The van der Waals surface area contributed by atoms with Crippen LogP contribution >= 0.6 is 11.6 Å². The van der Waals surface area contributed by atoms with Crippen LogP contribution in [0.5, 0.6) is 5.75 Å². The van der Waals surface area contributed by atoms with Gasteiger partial charge in [-0.1, -0.05) is 29.8 Å². The van der Waals surface area contributed by atoms with Gasteiger partial charge in [-0.2, -0.15) is 0 Å². The van der Waals surface area contributed by atoms with Gasteiger partial charge in [0.15, 0.2) is 0 Å². The van der Waals surface area contributed by atoms with Crippen molar-refractivity contribution in [2.45, 2.75) is 0 Å². The van der Waals surface area contributed by atoms with E-state index in [2.05, 4.69) is 14.9 Å². The second-order valence-corrected chi connectivity index (χ2v) is 5.38. The maximum atomic E-state index is 5.94. The van der Waals surface area contributed by atoms with Crippen LogP contribution in [0.1, 0.15) is 0 Å². The van der Waals surface area contributed by atoms with Crippen molar-refractivity contribution in [3.8, 4) is 5.75 Å². The molecule has 0 aliphatic heterocycles. The molecule has 2 aromatic carbocycles. The molecule has 0 amide bonds. The van der Waals surface area contributed by atoms with Crippen molar-refractivity contribution < 1.29 is 4.74 Å². The van der Waals surface area contributed by atoms with Crippen LogP contribution in [-0.4, -0.2) is 30.2 Å². The summed E-state index contributed by atoms with van der Waals surface area (Å²) in [6.45, 7) is 1.27. The maximum absolute atomic E-state index is 5.94. The lowest BCUT2D eigenvalue weighted by molar-refractivity contribution is 0.326. The summed E-state index contributed by atoms with van der Waals surface area (Å²) in [6.07, 6.45) is 1.59. The molecule has 3 rings (SSSR count). The Kier molecular flexibility index (Phi) is 4.39. The summed E-state index contributed by atoms with van der Waals surface area (Å²) in [6, 6.07) is 15.4. The van der Waals surface area contributed by atoms with E-state index in [1.54, 1.807) is 6.33 Å². The van der Waals surface area contributed by atoms with Gasteiger partial charge in [0.05, 0.1) is 12.1 Å². The SMILES string of the molecule is CN(CCOc1cccc(Cl)c1)c1ncnc2ccccc12. The Morgan fingerprint density at radius 2 is 1.95 bits per heavy atom. The average molecular weight is 314 g/mol. The number of fused-ring (bicyclic) bond motifs is 1. The van der Waals surface area contributed by atoms with E-state index in [0.717, 1.165) is 22.5 Å². The van der Waals surface area contributed by atoms with Gasteiger partial charge in [0.1, 0.15) is 24.5 Å². The van der Waals surface area contributed by atoms with Crippen LogP contribution in [0.2, 0.25) is 5.02 Å². The highest BCUT2D eigenvalue weighted by molar-refractivity contribution is 6.30. The summed E-state index contributed by atoms with van der Waals surface area (Å²) in [7, 11) is 2.00. The number of ether oxygens (including phenoxy) is 1. The third-order valence-corrected chi connectivity index (χ3v) is 3.61. The molecular weight excluding hydrogens is 298 g/mol. The molecule has 1 aromatic heterocycles. The normalized spacial score (nSPS) is 10.6. The molecule has 5 heteroatoms. The Labute approximate surface area is 134 Å². The first-order valence-electron chi connectivity index (χ1n) is 7.03. The van der Waals surface area contributed by atoms with E-state index in [1.807, 2.05) is 55.6 Å². The highest BCUT2D eigenvalue weighted by Gasteiger charge is 2.08. The topological polar surface area (TPSA) is 38.2 Å². The predicted octanol–water partition coefficient (Wildman–Crippen LogP) is 3.80. The molecule has 0 atom stereocenters. The molecule has 0 aliphatic carbocycles. The maximum Gasteiger partial charge on any atom is 0.139 e. The molecule has 4 nitrogen and oxygen atoms in total. The molecule has 0 radical (unpaired) electrons. The Morgan fingerprint density at radius 1 is 1.09 bits per heavy atom. The second kappa shape index (κ2) is 6.62. The molecule has 0 fully saturated rings. The van der Waals surface area contributed by atoms with E-state index in [0.29, 0.717) is 18.2 Å². The minimum Gasteiger partial charge on any atom is -0.492 e. The van der Waals surface area contributed by atoms with Crippen LogP contribution in [0, 0.1) is 0 Å². The minimum atomic E-state index is 0.551. The Balaban J connectivity index is 1.67. The highest BCUT2D eigenvalue weighted by Crippen LogP contribution is 2.21. The van der Waals surface area contributed by atoms with Gasteiger partial charge in [-0.3, -0.25) is 0 Å². The first-order chi connectivity index (χ1) is 10.7. The van der Waals surface area contributed by atoms with Gasteiger partial charge in [0.25, 0.3) is 0 Å². The van der Waals surface area contributed by atoms with E-state index < -0.39 is 0 Å². The quantitative estimate of drug-likeness (QED) is 0.718. The average Bonchev–Trinajstić information content (AvgIpc) is 2.54. The first-order valence-corrected chi connectivity index (χ1v) is 7.41. The van der Waals surface area contributed by atoms with E-state index in [4.69, 9.17) is 16.3 Å². The fourth-order valence-corrected chi connectivity index (χ4v) is 2.44. The summed E-state index contributed by atoms with van der Waals surface area (Å²) in [5, 5.41) is 1.71. The van der Waals surface area contributed by atoms with Crippen molar-refractivity contribution in [1.82, 2.24) is 9.97 Å². The summed E-state index contributed by atoms with van der Waals surface area (Å²) < 4.78 is 5.72. The van der Waals surface area contributed by atoms with Gasteiger partial charge in [0.2, 0.25) is 0 Å². The Hall–Kier alpha value is -2.33. The van der Waals surface area contributed by atoms with Crippen LogP contribution in [0.4, 0.5) is 5.82 Å². The molecule has 0 unspecified atom stereocenters. The standard InChI is InChI=1S/C17H16ClN3O/c1-21(9-10-22-14-6-4-5-13(18)11-14)17-15-7-2-3-8-16(15)19-12-20-17/h2-8,11-12H,9-10H2,1H3. The molecule has 22 heavy (non-hydrogen) atoms. The first kappa shape index (κ1) is 14.6. The number of nitrogens with zero attached hydrogens (tertiary/aromatic N) is 3. The highest BCUT2D eigenvalue weighted by atomic mass is 35.5. The van der Waals surface area contributed by atoms with Crippen molar-refractivity contribution in [3.05, 3.63) is 59.9 Å². The van der Waals surface area contributed by atoms with Crippen molar-refractivity contribution >= 4 is 28.3 Å². The van der Waals surface area contributed by atoms with E-state index in [9.17, 15) is 0 Å². The molecule has 0 saturated carbocycles. The number of aromatic nitrogens is 2. The molecule has 0 saturated heterocycles. The lowest BCUT2D eigenvalue weighted by atomic mass is 10.2. The van der Waals surface area contributed by atoms with Crippen molar-refractivity contribution in [3.63, 3.8) is 0 Å². The number of hydrogen-bond acceptors (Lipinski definition) is 4.